The minimum absolute atomic E-state index is 0.0353. The Morgan fingerprint density at radius 3 is 2.45 bits per heavy atom. The summed E-state index contributed by atoms with van der Waals surface area (Å²) in [5, 5.41) is 2.64. The van der Waals surface area contributed by atoms with Gasteiger partial charge >= 0.3 is 0 Å². The van der Waals surface area contributed by atoms with E-state index >= 15 is 0 Å². The van der Waals surface area contributed by atoms with Crippen molar-refractivity contribution < 1.29 is 31.1 Å². The third-order valence-electron chi connectivity index (χ3n) is 5.56. The van der Waals surface area contributed by atoms with Crippen molar-refractivity contribution in [3.63, 3.8) is 0 Å². The standard InChI is InChI=1S/C21H25N3O7S2/c1-30-18-10-9-15(33(28,29)23-11-5-6-12-23)13-16(18)22-21(25)20-14-24(32(2,26)27)17-7-3-4-8-19(17)31-20/h3-4,7-10,13,20H,5-6,11-12,14H2,1-2H3,(H,22,25)/t20-/m1/s1. The van der Waals surface area contributed by atoms with E-state index in [9.17, 15) is 21.6 Å². The molecule has 0 aromatic heterocycles. The Morgan fingerprint density at radius 1 is 1.09 bits per heavy atom. The van der Waals surface area contributed by atoms with Gasteiger partial charge in [0.25, 0.3) is 5.91 Å². The molecule has 12 heteroatoms. The molecule has 10 nitrogen and oxygen atoms in total. The summed E-state index contributed by atoms with van der Waals surface area (Å²) in [6.07, 6.45) is 1.50. The molecule has 33 heavy (non-hydrogen) atoms. The first-order valence-corrected chi connectivity index (χ1v) is 13.6. The lowest BCUT2D eigenvalue weighted by molar-refractivity contribution is -0.122. The van der Waals surface area contributed by atoms with Crippen molar-refractivity contribution >= 4 is 37.3 Å². The lowest BCUT2D eigenvalue weighted by atomic mass is 10.2. The zero-order valence-electron chi connectivity index (χ0n) is 18.2. The van der Waals surface area contributed by atoms with E-state index in [1.165, 1.54) is 29.6 Å². The van der Waals surface area contributed by atoms with Crippen LogP contribution in [0.25, 0.3) is 0 Å². The highest BCUT2D eigenvalue weighted by Crippen LogP contribution is 2.35. The summed E-state index contributed by atoms with van der Waals surface area (Å²) in [7, 11) is -5.97. The fourth-order valence-corrected chi connectivity index (χ4v) is 6.35. The van der Waals surface area contributed by atoms with Crippen molar-refractivity contribution in [2.24, 2.45) is 0 Å². The van der Waals surface area contributed by atoms with Crippen LogP contribution in [-0.2, 0) is 24.8 Å². The molecule has 0 spiro atoms. The fraction of sp³-hybridized carbons (Fsp3) is 0.381. The van der Waals surface area contributed by atoms with Crippen molar-refractivity contribution in [2.45, 2.75) is 23.8 Å². The maximum Gasteiger partial charge on any atom is 0.267 e. The minimum Gasteiger partial charge on any atom is -0.495 e. The van der Waals surface area contributed by atoms with Crippen LogP contribution in [0.5, 0.6) is 11.5 Å². The van der Waals surface area contributed by atoms with Crippen LogP contribution in [0.3, 0.4) is 0 Å². The minimum atomic E-state index is -3.71. The van der Waals surface area contributed by atoms with E-state index in [1.807, 2.05) is 0 Å². The SMILES string of the molecule is COc1ccc(S(=O)(=O)N2CCCC2)cc1NC(=O)[C@H]1CN(S(C)(=O)=O)c2ccccc2O1. The van der Waals surface area contributed by atoms with Gasteiger partial charge in [-0.3, -0.25) is 9.10 Å². The van der Waals surface area contributed by atoms with E-state index < -0.39 is 32.1 Å². The summed E-state index contributed by atoms with van der Waals surface area (Å²) in [5.41, 5.74) is 0.497. The number of fused-ring (bicyclic) bond motifs is 1. The number of para-hydroxylation sites is 2. The number of sulfonamides is 2. The van der Waals surface area contributed by atoms with Gasteiger partial charge in [-0.1, -0.05) is 12.1 Å². The van der Waals surface area contributed by atoms with Crippen molar-refractivity contribution in [2.75, 3.05) is 42.6 Å². The zero-order chi connectivity index (χ0) is 23.8. The van der Waals surface area contributed by atoms with Gasteiger partial charge in [-0.15, -0.1) is 0 Å². The summed E-state index contributed by atoms with van der Waals surface area (Å²) in [6, 6.07) is 10.8. The van der Waals surface area contributed by atoms with Gasteiger partial charge in [0, 0.05) is 13.1 Å². The number of hydrogen-bond donors (Lipinski definition) is 1. The van der Waals surface area contributed by atoms with Gasteiger partial charge in [-0.25, -0.2) is 16.8 Å². The Labute approximate surface area is 193 Å². The number of carbonyl (C=O) groups excluding carboxylic acids is 1. The summed E-state index contributed by atoms with van der Waals surface area (Å²) in [6.45, 7) is 0.676. The molecule has 2 aliphatic rings. The monoisotopic (exact) mass is 495 g/mol. The molecule has 1 atom stereocenters. The number of carbonyl (C=O) groups is 1. The van der Waals surface area contributed by atoms with E-state index in [1.54, 1.807) is 24.3 Å². The smallest absolute Gasteiger partial charge is 0.267 e. The van der Waals surface area contributed by atoms with E-state index in [-0.39, 0.29) is 28.6 Å². The number of anilines is 2. The van der Waals surface area contributed by atoms with Crippen LogP contribution in [0.15, 0.2) is 47.4 Å². The predicted octanol–water partition coefficient (Wildman–Crippen LogP) is 1.65. The number of rotatable bonds is 6. The molecule has 1 N–H and O–H groups in total. The van der Waals surface area contributed by atoms with Crippen LogP contribution >= 0.6 is 0 Å². The molecule has 178 valence electrons. The van der Waals surface area contributed by atoms with Gasteiger partial charge in [0.15, 0.2) is 6.10 Å². The molecule has 1 fully saturated rings. The Kier molecular flexibility index (Phi) is 6.25. The van der Waals surface area contributed by atoms with Crippen molar-refractivity contribution in [3.8, 4) is 11.5 Å². The molecule has 0 bridgehead atoms. The largest absolute Gasteiger partial charge is 0.495 e. The number of ether oxygens (including phenoxy) is 2. The number of hydrogen-bond acceptors (Lipinski definition) is 7. The number of amides is 1. The molecular formula is C21H25N3O7S2. The molecule has 4 rings (SSSR count). The van der Waals surface area contributed by atoms with Crippen LogP contribution in [-0.4, -0.2) is 66.2 Å². The molecule has 2 aliphatic heterocycles. The van der Waals surface area contributed by atoms with E-state index in [2.05, 4.69) is 5.32 Å². The Balaban J connectivity index is 1.62. The third kappa shape index (κ3) is 4.63. The molecule has 0 saturated carbocycles. The number of nitrogens with zero attached hydrogens (tertiary/aromatic N) is 2. The maximum absolute atomic E-state index is 13.1. The zero-order valence-corrected chi connectivity index (χ0v) is 19.9. The van der Waals surface area contributed by atoms with Gasteiger partial charge < -0.3 is 14.8 Å². The van der Waals surface area contributed by atoms with Crippen LogP contribution in [0, 0.1) is 0 Å². The Morgan fingerprint density at radius 2 is 1.79 bits per heavy atom. The van der Waals surface area contributed by atoms with Crippen molar-refractivity contribution in [1.29, 1.82) is 0 Å². The Bertz CT molecular complexity index is 1270. The topological polar surface area (TPSA) is 122 Å². The van der Waals surface area contributed by atoms with E-state index in [4.69, 9.17) is 9.47 Å². The summed E-state index contributed by atoms with van der Waals surface area (Å²) < 4.78 is 64.1. The average Bonchev–Trinajstić information content (AvgIpc) is 3.33. The molecular weight excluding hydrogens is 470 g/mol. The normalized spacial score (nSPS) is 19.0. The summed E-state index contributed by atoms with van der Waals surface area (Å²) >= 11 is 0. The highest BCUT2D eigenvalue weighted by Gasteiger charge is 2.35. The molecule has 2 heterocycles. The average molecular weight is 496 g/mol. The van der Waals surface area contributed by atoms with Crippen LogP contribution < -0.4 is 19.1 Å². The second-order valence-corrected chi connectivity index (χ2v) is 11.7. The second-order valence-electron chi connectivity index (χ2n) is 7.83. The fourth-order valence-electron chi connectivity index (χ4n) is 3.89. The molecule has 2 aromatic rings. The molecule has 0 unspecified atom stereocenters. The lowest BCUT2D eigenvalue weighted by Gasteiger charge is -2.33. The van der Waals surface area contributed by atoms with E-state index in [0.29, 0.717) is 18.8 Å². The van der Waals surface area contributed by atoms with Gasteiger partial charge in [0.05, 0.1) is 36.2 Å². The molecule has 1 amide bonds. The number of benzene rings is 2. The lowest BCUT2D eigenvalue weighted by Crippen LogP contribution is -2.48. The van der Waals surface area contributed by atoms with Gasteiger partial charge in [0.1, 0.15) is 11.5 Å². The van der Waals surface area contributed by atoms with Gasteiger partial charge in [-0.2, -0.15) is 4.31 Å². The highest BCUT2D eigenvalue weighted by molar-refractivity contribution is 7.92. The molecule has 1 saturated heterocycles. The number of nitrogens with one attached hydrogen (secondary N) is 1. The molecule has 0 aliphatic carbocycles. The molecule has 0 radical (unpaired) electrons. The first-order valence-electron chi connectivity index (χ1n) is 10.3. The van der Waals surface area contributed by atoms with Crippen molar-refractivity contribution in [1.82, 2.24) is 4.31 Å². The van der Waals surface area contributed by atoms with Crippen LogP contribution in [0.1, 0.15) is 12.8 Å². The van der Waals surface area contributed by atoms with Gasteiger partial charge in [0.2, 0.25) is 20.0 Å². The first-order chi connectivity index (χ1) is 15.6. The third-order valence-corrected chi connectivity index (χ3v) is 8.60. The highest BCUT2D eigenvalue weighted by atomic mass is 32.2. The van der Waals surface area contributed by atoms with E-state index in [0.717, 1.165) is 23.4 Å². The van der Waals surface area contributed by atoms with Crippen LogP contribution in [0.2, 0.25) is 0 Å². The number of methoxy groups -OCH3 is 1. The second kappa shape index (κ2) is 8.84. The Hall–Kier alpha value is -2.83. The maximum atomic E-state index is 13.1. The molecule has 2 aromatic carbocycles. The van der Waals surface area contributed by atoms with Gasteiger partial charge in [-0.05, 0) is 43.2 Å². The van der Waals surface area contributed by atoms with Crippen LogP contribution in [0.4, 0.5) is 11.4 Å². The first kappa shape index (κ1) is 23.3. The predicted molar refractivity (Wildman–Crippen MR) is 123 cm³/mol. The quantitative estimate of drug-likeness (QED) is 0.646. The summed E-state index contributed by atoms with van der Waals surface area (Å²) in [5.74, 6) is -0.112. The van der Waals surface area contributed by atoms with Crippen molar-refractivity contribution in [3.05, 3.63) is 42.5 Å². The summed E-state index contributed by atoms with van der Waals surface area (Å²) in [4.78, 5) is 13.1.